The topological polar surface area (TPSA) is 471 Å². The van der Waals surface area contributed by atoms with Gasteiger partial charge in [-0.1, -0.05) is 6.92 Å². The number of hydrogen-bond acceptors (Lipinski definition) is 48. The van der Waals surface area contributed by atoms with E-state index in [-0.39, 0.29) is 19.8 Å². The molecule has 0 aromatic heterocycles. The predicted octanol–water partition coefficient (Wildman–Crippen LogP) is 1.62. The SMILES string of the molecule is [3H]P(C)OC(=O)CNC(=O)OCCOCCOCCOCCOCCOCCOCCOCCOCCOCCOCCOCCOCCOCCOCCOCCOCCOCCOCCOCCOCCOCCOCCOCCOCCOCCOCCOCCOCCOCCOCCOCCOCCOCCOCCOCCOCCOCCOCCOCCOCCOCCOCCOCCOCCC. The Hall–Kier alpha value is -2.59. The minimum absolute atomic E-state index is 0.0142. The van der Waals surface area contributed by atoms with Crippen LogP contribution in [-0.2, 0) is 222 Å². The van der Waals surface area contributed by atoms with Gasteiger partial charge < -0.3 is 223 Å². The van der Waals surface area contributed by atoms with Crippen LogP contribution >= 0.6 is 8.75 Å². The van der Waals surface area contributed by atoms with Crippen LogP contribution in [0.2, 0.25) is 0 Å². The summed E-state index contributed by atoms with van der Waals surface area (Å²) in [5, 5.41) is 2.24. The number of alkyl carbamates (subject to hydrolysis) is 1. The van der Waals surface area contributed by atoms with E-state index in [1.807, 2.05) is 0 Å². The third kappa shape index (κ3) is 137. The highest BCUT2D eigenvalue weighted by Gasteiger charge is 2.10. The summed E-state index contributed by atoms with van der Waals surface area (Å²) in [4.78, 5) is 22.8. The molecule has 0 rings (SSSR count). The molecule has 0 saturated heterocycles. The highest BCUT2D eigenvalue weighted by Crippen LogP contribution is 2.04. The smallest absolute Gasteiger partial charge is 0.407 e. The van der Waals surface area contributed by atoms with Crippen LogP contribution in [-0.4, -0.2) is 615 Å². The van der Waals surface area contributed by atoms with Gasteiger partial charge in [0.1, 0.15) is 14.4 Å². The summed E-state index contributed by atoms with van der Waals surface area (Å²) in [6, 6.07) is 0. The van der Waals surface area contributed by atoms with Crippen LogP contribution in [0.15, 0.2) is 0 Å². The zero-order valence-corrected chi connectivity index (χ0v) is 88.8. The average Bonchev–Trinajstić information content (AvgIpc) is 0.991. The summed E-state index contributed by atoms with van der Waals surface area (Å²) in [6.45, 7) is 44.8. The summed E-state index contributed by atoms with van der Waals surface area (Å²) >= 11 is 0. The third-order valence-corrected chi connectivity index (χ3v) is 17.8. The van der Waals surface area contributed by atoms with E-state index in [2.05, 4.69) is 16.8 Å². The van der Waals surface area contributed by atoms with Crippen molar-refractivity contribution in [1.29, 1.82) is 1.28 Å². The molecule has 1 unspecified atom stereocenters. The number of hydrogen-bond donors (Lipinski definition) is 1. The molecule has 1 amide bonds. The van der Waals surface area contributed by atoms with Crippen molar-refractivity contribution < 1.29 is 227 Å². The Morgan fingerprint density at radius 1 is 0.152 bits per heavy atom. The minimum atomic E-state index is -1.58. The number of rotatable bonds is 137. The van der Waals surface area contributed by atoms with Crippen LogP contribution in [0.5, 0.6) is 0 Å². The lowest BCUT2D eigenvalue weighted by Crippen LogP contribution is -2.31. The van der Waals surface area contributed by atoms with E-state index in [9.17, 15) is 9.59 Å². The molecule has 868 valence electrons. The maximum Gasteiger partial charge on any atom is 0.407 e. The second kappa shape index (κ2) is 137. The van der Waals surface area contributed by atoms with Gasteiger partial charge in [0.05, 0.1) is 584 Å². The fourth-order valence-electron chi connectivity index (χ4n) is 10.2. The Morgan fingerprint density at radius 2 is 0.234 bits per heavy atom. The number of ether oxygens (including phenoxy) is 45. The molecule has 49 nitrogen and oxygen atoms in total. The van der Waals surface area contributed by atoms with Gasteiger partial charge in [-0.2, -0.15) is 0 Å². The second-order valence-corrected chi connectivity index (χ2v) is 29.6. The van der Waals surface area contributed by atoms with E-state index in [0.717, 1.165) is 13.0 Å². The highest BCUT2D eigenvalue weighted by atomic mass is 31.1. The molecular formula is C95H190NO48P. The van der Waals surface area contributed by atoms with E-state index in [0.29, 0.717) is 568 Å². The van der Waals surface area contributed by atoms with Crippen molar-refractivity contribution in [3.63, 3.8) is 0 Å². The standard InChI is InChI=1S/C95H190NO48P/c1-3-4-99-5-6-100-7-8-101-9-10-102-11-12-103-13-14-104-15-16-105-17-18-106-19-20-107-21-22-108-23-24-109-25-26-110-27-28-111-29-30-112-31-32-113-33-34-114-35-36-115-37-38-116-39-40-117-41-42-118-43-44-119-45-46-120-47-48-121-49-50-122-51-52-123-53-54-124-55-56-125-57-58-126-59-60-127-61-62-128-63-64-129-65-66-130-67-68-131-69-70-132-71-72-133-73-74-134-75-76-135-77-78-136-79-80-137-81-82-138-83-84-139-85-86-140-87-88-141-89-90-142-91-92-143-95(98)96-93-94(97)144-145-2/h145H,3-93H2,1-2H3,(H,96,98)/i145T. The molecule has 145 heavy (non-hydrogen) atoms. The van der Waals surface area contributed by atoms with Gasteiger partial charge in [-0.3, -0.25) is 0 Å². The van der Waals surface area contributed by atoms with Gasteiger partial charge in [-0.05, 0) is 13.1 Å². The first-order valence-electron chi connectivity index (χ1n) is 51.7. The highest BCUT2D eigenvalue weighted by molar-refractivity contribution is 7.31. The first-order chi connectivity index (χ1) is 72.6. The van der Waals surface area contributed by atoms with Crippen molar-refractivity contribution in [2.24, 2.45) is 0 Å². The molecule has 0 bridgehead atoms. The Bertz CT molecular complexity index is 2180. The number of carbonyl (C=O) groups excluding carboxylic acids is 2. The van der Waals surface area contributed by atoms with Crippen molar-refractivity contribution in [2.75, 3.05) is 601 Å². The minimum Gasteiger partial charge on any atom is -0.447 e. The van der Waals surface area contributed by atoms with E-state index in [1.165, 1.54) is 6.66 Å². The van der Waals surface area contributed by atoms with Crippen molar-refractivity contribution in [2.45, 2.75) is 13.3 Å². The molecule has 0 heterocycles. The van der Waals surface area contributed by atoms with Crippen LogP contribution in [0.25, 0.3) is 0 Å². The molecule has 1 N–H and O–H groups in total. The van der Waals surface area contributed by atoms with E-state index in [1.54, 1.807) is 0 Å². The van der Waals surface area contributed by atoms with E-state index >= 15 is 0 Å². The number of carbonyl (C=O) groups is 2. The zero-order chi connectivity index (χ0) is 104. The van der Waals surface area contributed by atoms with Crippen molar-refractivity contribution in [3.05, 3.63) is 0 Å². The van der Waals surface area contributed by atoms with Crippen LogP contribution in [0.1, 0.15) is 13.3 Å². The molecular weight excluding hydrogens is 1950 g/mol. The number of nitrogens with one attached hydrogen (secondary N) is 1. The Kier molecular flexibility index (Phi) is 133. The Labute approximate surface area is 865 Å². The van der Waals surface area contributed by atoms with Gasteiger partial charge in [0.25, 0.3) is 0 Å². The lowest BCUT2D eigenvalue weighted by molar-refractivity contribution is -0.132. The van der Waals surface area contributed by atoms with Crippen LogP contribution in [0.3, 0.4) is 0 Å². The maximum absolute atomic E-state index is 11.5. The van der Waals surface area contributed by atoms with Gasteiger partial charge in [0.2, 0.25) is 0 Å². The Morgan fingerprint density at radius 3 is 0.317 bits per heavy atom. The summed E-state index contributed by atoms with van der Waals surface area (Å²) in [7, 11) is -1.58. The fraction of sp³-hybridized carbons (Fsp3) is 0.979. The van der Waals surface area contributed by atoms with Crippen LogP contribution in [0.4, 0.5) is 4.79 Å². The zero-order valence-electron chi connectivity index (χ0n) is 88.9. The Balaban J connectivity index is 3.12. The lowest BCUT2D eigenvalue weighted by Gasteiger charge is -2.09. The fourth-order valence-corrected chi connectivity index (χ4v) is 10.5. The number of amides is 1. The summed E-state index contributed by atoms with van der Waals surface area (Å²) in [6.07, 6.45) is 0.242. The normalized spacial score (nSPS) is 12.1. The van der Waals surface area contributed by atoms with E-state index < -0.39 is 20.8 Å². The van der Waals surface area contributed by atoms with Crippen LogP contribution in [0, 0.1) is 0 Å². The van der Waals surface area contributed by atoms with Crippen molar-refractivity contribution in [1.82, 2.24) is 5.32 Å². The summed E-state index contributed by atoms with van der Waals surface area (Å²) < 4.78 is 260. The average molecular weight is 2150 g/mol. The quantitative estimate of drug-likeness (QED) is 0.0667. The largest absolute Gasteiger partial charge is 0.447 e. The van der Waals surface area contributed by atoms with E-state index in [4.69, 9.17) is 214 Å². The van der Waals surface area contributed by atoms with Gasteiger partial charge in [-0.15, -0.1) is 0 Å². The summed E-state index contributed by atoms with van der Waals surface area (Å²) in [5.74, 6) is -0.693. The van der Waals surface area contributed by atoms with Gasteiger partial charge in [-0.25, -0.2) is 9.59 Å². The second-order valence-electron chi connectivity index (χ2n) is 29.1. The molecule has 0 saturated carbocycles. The first kappa shape index (κ1) is 140. The molecule has 0 aliphatic carbocycles. The van der Waals surface area contributed by atoms with Crippen LogP contribution < -0.4 is 5.32 Å². The molecule has 0 fully saturated rings. The van der Waals surface area contributed by atoms with Gasteiger partial charge >= 0.3 is 12.1 Å². The molecule has 0 spiro atoms. The third-order valence-electron chi connectivity index (χ3n) is 17.4. The molecule has 0 aromatic carbocycles. The first-order valence-corrected chi connectivity index (χ1v) is 52.6. The molecule has 0 radical (unpaired) electrons. The van der Waals surface area contributed by atoms with Crippen molar-refractivity contribution in [3.8, 4) is 0 Å². The lowest BCUT2D eigenvalue weighted by atomic mass is 10.5. The molecule has 0 aromatic rings. The monoisotopic (exact) mass is 2150 g/mol. The maximum atomic E-state index is 11.5. The summed E-state index contributed by atoms with van der Waals surface area (Å²) in [5.41, 5.74) is 0. The van der Waals surface area contributed by atoms with Gasteiger partial charge in [0, 0.05) is 6.61 Å². The molecule has 0 aliphatic rings. The molecule has 0 aliphatic heterocycles. The predicted molar refractivity (Wildman–Crippen MR) is 526 cm³/mol. The molecule has 50 heteroatoms. The van der Waals surface area contributed by atoms with Gasteiger partial charge in [0.15, 0.2) is 0 Å². The van der Waals surface area contributed by atoms with Crippen molar-refractivity contribution >= 4 is 20.8 Å². The molecule has 1 atom stereocenters.